The predicted molar refractivity (Wildman–Crippen MR) is 122 cm³/mol. The first-order valence-corrected chi connectivity index (χ1v) is 10.6. The number of ether oxygens (including phenoxy) is 1. The molecule has 0 saturated heterocycles. The summed E-state index contributed by atoms with van der Waals surface area (Å²) in [6.07, 6.45) is 2.12. The van der Waals surface area contributed by atoms with Gasteiger partial charge in [-0.25, -0.2) is 9.18 Å². The minimum atomic E-state index is -1.02. The molecule has 0 bridgehead atoms. The number of halogens is 1. The molecule has 0 unspecified atom stereocenters. The van der Waals surface area contributed by atoms with Crippen LogP contribution in [0, 0.1) is 5.82 Å². The van der Waals surface area contributed by atoms with Gasteiger partial charge in [-0.3, -0.25) is 4.79 Å². The van der Waals surface area contributed by atoms with Gasteiger partial charge in [0.25, 0.3) is 0 Å². The number of carboxylic acids is 1. The maximum Gasteiger partial charge on any atom is 0.341 e. The zero-order valence-corrected chi connectivity index (χ0v) is 18.0. The Hall–Kier alpha value is -3.67. The number of hydrogen-bond donors (Lipinski definition) is 1. The summed E-state index contributed by atoms with van der Waals surface area (Å²) < 4.78 is 18.9. The first-order valence-electron chi connectivity index (χ1n) is 10.6. The quantitative estimate of drug-likeness (QED) is 0.445. The topological polar surface area (TPSA) is 66.8 Å². The fourth-order valence-electron chi connectivity index (χ4n) is 3.30. The van der Waals surface area contributed by atoms with Crippen molar-refractivity contribution in [3.63, 3.8) is 0 Å². The van der Waals surface area contributed by atoms with Crippen LogP contribution in [0.1, 0.15) is 31.7 Å². The molecule has 0 fully saturated rings. The molecule has 32 heavy (non-hydrogen) atoms. The number of carbonyl (C=O) groups is 2. The molecule has 1 amide bonds. The van der Waals surface area contributed by atoms with E-state index in [1.54, 1.807) is 29.2 Å². The van der Waals surface area contributed by atoms with E-state index in [0.29, 0.717) is 24.4 Å². The Bertz CT molecular complexity index is 1050. The van der Waals surface area contributed by atoms with Gasteiger partial charge in [0, 0.05) is 12.1 Å². The second-order valence-electron chi connectivity index (χ2n) is 7.47. The van der Waals surface area contributed by atoms with Crippen molar-refractivity contribution in [1.29, 1.82) is 0 Å². The summed E-state index contributed by atoms with van der Waals surface area (Å²) in [6, 6.07) is 21.1. The number of unbranched alkanes of at least 4 members (excludes halogenated alkanes) is 1. The summed E-state index contributed by atoms with van der Waals surface area (Å²) in [4.78, 5) is 25.0. The molecule has 0 aliphatic heterocycles. The molecular formula is C26H26FNO4. The van der Waals surface area contributed by atoms with Crippen molar-refractivity contribution in [3.05, 3.63) is 84.2 Å². The van der Waals surface area contributed by atoms with E-state index < -0.39 is 5.97 Å². The van der Waals surface area contributed by atoms with Crippen molar-refractivity contribution < 1.29 is 23.8 Å². The average molecular weight is 435 g/mol. The highest BCUT2D eigenvalue weighted by Crippen LogP contribution is 2.25. The average Bonchev–Trinajstić information content (AvgIpc) is 2.80. The number of hydrogen-bond acceptors (Lipinski definition) is 3. The number of amides is 1. The number of nitrogens with zero attached hydrogens (tertiary/aromatic N) is 1. The Balaban J connectivity index is 1.74. The fraction of sp³-hybridized carbons (Fsp3) is 0.231. The Morgan fingerprint density at radius 1 is 0.969 bits per heavy atom. The van der Waals surface area contributed by atoms with E-state index in [1.807, 2.05) is 43.3 Å². The van der Waals surface area contributed by atoms with Gasteiger partial charge in [-0.2, -0.15) is 0 Å². The van der Waals surface area contributed by atoms with Crippen LogP contribution in [0.5, 0.6) is 5.75 Å². The highest BCUT2D eigenvalue weighted by Gasteiger charge is 2.16. The SMILES string of the molecule is CCCCC(=O)N(Cc1ccc(-c2ccc(OCC(=O)O)cc2)cc1)c1cccc(F)c1. The Labute approximate surface area is 187 Å². The molecule has 0 saturated carbocycles. The third-order valence-electron chi connectivity index (χ3n) is 5.01. The molecule has 0 atom stereocenters. The van der Waals surface area contributed by atoms with E-state index in [1.165, 1.54) is 12.1 Å². The van der Waals surface area contributed by atoms with Crippen LogP contribution in [0.15, 0.2) is 72.8 Å². The number of anilines is 1. The molecule has 0 heterocycles. The van der Waals surface area contributed by atoms with E-state index in [4.69, 9.17) is 9.84 Å². The molecule has 1 N–H and O–H groups in total. The second kappa shape index (κ2) is 11.1. The molecular weight excluding hydrogens is 409 g/mol. The number of rotatable bonds is 10. The van der Waals surface area contributed by atoms with Crippen LogP contribution in [0.2, 0.25) is 0 Å². The van der Waals surface area contributed by atoms with E-state index in [2.05, 4.69) is 0 Å². The lowest BCUT2D eigenvalue weighted by Gasteiger charge is -2.23. The minimum absolute atomic E-state index is 0.0292. The highest BCUT2D eigenvalue weighted by molar-refractivity contribution is 5.93. The van der Waals surface area contributed by atoms with Gasteiger partial charge in [0.05, 0.1) is 6.54 Å². The zero-order valence-electron chi connectivity index (χ0n) is 18.0. The normalized spacial score (nSPS) is 10.6. The fourth-order valence-corrected chi connectivity index (χ4v) is 3.30. The maximum absolute atomic E-state index is 13.8. The zero-order chi connectivity index (χ0) is 22.9. The molecule has 5 nitrogen and oxygen atoms in total. The summed E-state index contributed by atoms with van der Waals surface area (Å²) in [5.41, 5.74) is 3.42. The summed E-state index contributed by atoms with van der Waals surface area (Å²) in [6.45, 7) is 2.00. The second-order valence-corrected chi connectivity index (χ2v) is 7.47. The number of benzene rings is 3. The molecule has 0 aromatic heterocycles. The van der Waals surface area contributed by atoms with Gasteiger partial charge in [-0.15, -0.1) is 0 Å². The summed E-state index contributed by atoms with van der Waals surface area (Å²) >= 11 is 0. The largest absolute Gasteiger partial charge is 0.482 e. The first kappa shape index (κ1) is 23.0. The van der Waals surface area contributed by atoms with Gasteiger partial charge < -0.3 is 14.7 Å². The van der Waals surface area contributed by atoms with E-state index in [-0.39, 0.29) is 18.3 Å². The lowest BCUT2D eigenvalue weighted by molar-refractivity contribution is -0.139. The van der Waals surface area contributed by atoms with Crippen LogP contribution in [-0.4, -0.2) is 23.6 Å². The third-order valence-corrected chi connectivity index (χ3v) is 5.01. The lowest BCUT2D eigenvalue weighted by Crippen LogP contribution is -2.30. The Morgan fingerprint density at radius 3 is 2.22 bits per heavy atom. The monoisotopic (exact) mass is 435 g/mol. The predicted octanol–water partition coefficient (Wildman–Crippen LogP) is 5.68. The molecule has 3 aromatic carbocycles. The Kier molecular flexibility index (Phi) is 7.97. The maximum atomic E-state index is 13.8. The third kappa shape index (κ3) is 6.41. The minimum Gasteiger partial charge on any atom is -0.482 e. The van der Waals surface area contributed by atoms with E-state index in [9.17, 15) is 14.0 Å². The molecule has 0 radical (unpaired) electrons. The summed E-state index contributed by atoms with van der Waals surface area (Å²) in [5, 5.41) is 8.69. The van der Waals surface area contributed by atoms with Crippen molar-refractivity contribution in [1.82, 2.24) is 0 Å². The van der Waals surface area contributed by atoms with Crippen molar-refractivity contribution in [2.24, 2.45) is 0 Å². The number of aliphatic carboxylic acids is 1. The van der Waals surface area contributed by atoms with Crippen LogP contribution >= 0.6 is 0 Å². The molecule has 3 rings (SSSR count). The highest BCUT2D eigenvalue weighted by atomic mass is 19.1. The van der Waals surface area contributed by atoms with Gasteiger partial charge >= 0.3 is 5.97 Å². The van der Waals surface area contributed by atoms with E-state index >= 15 is 0 Å². The van der Waals surface area contributed by atoms with Gasteiger partial charge in [-0.05, 0) is 53.4 Å². The molecule has 0 spiro atoms. The van der Waals surface area contributed by atoms with Crippen molar-refractivity contribution in [2.45, 2.75) is 32.7 Å². The smallest absolute Gasteiger partial charge is 0.341 e. The van der Waals surface area contributed by atoms with Gasteiger partial charge in [0.1, 0.15) is 11.6 Å². The summed E-state index contributed by atoms with van der Waals surface area (Å²) in [5.74, 6) is -0.936. The van der Waals surface area contributed by atoms with E-state index in [0.717, 1.165) is 29.5 Å². The van der Waals surface area contributed by atoms with Crippen molar-refractivity contribution in [3.8, 4) is 16.9 Å². The number of carboxylic acid groups (broad SMARTS) is 1. The first-order chi connectivity index (χ1) is 15.5. The van der Waals surface area contributed by atoms with Crippen molar-refractivity contribution >= 4 is 17.6 Å². The van der Waals surface area contributed by atoms with Crippen LogP contribution in [0.25, 0.3) is 11.1 Å². The van der Waals surface area contributed by atoms with Crippen LogP contribution in [0.3, 0.4) is 0 Å². The summed E-state index contributed by atoms with van der Waals surface area (Å²) in [7, 11) is 0. The van der Waals surface area contributed by atoms with Gasteiger partial charge in [0.15, 0.2) is 6.61 Å². The van der Waals surface area contributed by atoms with Crippen LogP contribution < -0.4 is 9.64 Å². The van der Waals surface area contributed by atoms with Crippen LogP contribution in [0.4, 0.5) is 10.1 Å². The number of carbonyl (C=O) groups excluding carboxylic acids is 1. The molecule has 0 aliphatic carbocycles. The van der Waals surface area contributed by atoms with Crippen molar-refractivity contribution in [2.75, 3.05) is 11.5 Å². The molecule has 0 aliphatic rings. The standard InChI is InChI=1S/C26H26FNO4/c1-2-3-7-25(29)28(23-6-4-5-22(27)16-23)17-19-8-10-20(11-9-19)21-12-14-24(15-13-21)32-18-26(30)31/h4-6,8-16H,2-3,7,17-18H2,1H3,(H,30,31). The molecule has 6 heteroatoms. The van der Waals surface area contributed by atoms with Gasteiger partial charge in [-0.1, -0.05) is 55.8 Å². The van der Waals surface area contributed by atoms with Gasteiger partial charge in [0.2, 0.25) is 5.91 Å². The lowest BCUT2D eigenvalue weighted by atomic mass is 10.0. The molecule has 166 valence electrons. The molecule has 3 aromatic rings. The van der Waals surface area contributed by atoms with Crippen LogP contribution in [-0.2, 0) is 16.1 Å². The Morgan fingerprint density at radius 2 is 1.62 bits per heavy atom.